The maximum Gasteiger partial charge on any atom is 0.257 e. The highest BCUT2D eigenvalue weighted by atomic mass is 35.5. The predicted molar refractivity (Wildman–Crippen MR) is 136 cm³/mol. The van der Waals surface area contributed by atoms with Gasteiger partial charge in [-0.1, -0.05) is 40.9 Å². The van der Waals surface area contributed by atoms with Gasteiger partial charge in [-0.2, -0.15) is 0 Å². The van der Waals surface area contributed by atoms with Crippen LogP contribution in [0.2, 0.25) is 15.1 Å². The van der Waals surface area contributed by atoms with Gasteiger partial charge in [0.25, 0.3) is 5.91 Å². The molecule has 0 aliphatic heterocycles. The third kappa shape index (κ3) is 5.00. The summed E-state index contributed by atoms with van der Waals surface area (Å²) in [6.45, 7) is 0. The Hall–Kier alpha value is -2.16. The third-order valence-electron chi connectivity index (χ3n) is 5.79. The Bertz CT molecular complexity index is 1390. The summed E-state index contributed by atoms with van der Waals surface area (Å²) in [5.74, 6) is -5.57. The van der Waals surface area contributed by atoms with Gasteiger partial charge in [-0.05, 0) is 47.5 Å². The highest BCUT2D eigenvalue weighted by molar-refractivity contribution is 6.53. The second kappa shape index (κ2) is 9.95. The molecule has 0 heterocycles. The van der Waals surface area contributed by atoms with Crippen LogP contribution in [-0.4, -0.2) is 16.0 Å². The highest BCUT2D eigenvalue weighted by Gasteiger charge is 2.67. The Balaban J connectivity index is 1.53. The number of ketones is 1. The number of hydrogen-bond donors (Lipinski definition) is 2. The minimum absolute atomic E-state index is 0.0307. The number of carbonyl (C=O) groups excluding carboxylic acids is 2. The van der Waals surface area contributed by atoms with Crippen molar-refractivity contribution in [2.24, 2.45) is 5.92 Å². The number of hydrogen-bond acceptors (Lipinski definition) is 3. The van der Waals surface area contributed by atoms with Crippen molar-refractivity contribution >= 4 is 81.1 Å². The fourth-order valence-electron chi connectivity index (χ4n) is 3.92. The largest absolute Gasteiger partial charge is 0.394 e. The van der Waals surface area contributed by atoms with Crippen molar-refractivity contribution in [3.8, 4) is 0 Å². The molecule has 1 amide bonds. The normalized spacial score (nSPS) is 18.1. The molecule has 4 nitrogen and oxygen atoms in total. The molecule has 36 heavy (non-hydrogen) atoms. The standard InChI is InChI=1S/C24H14Cl5F3N2O2/c25-12-2-1-9(5-11(12)23(36)34-16-4-3-15(30)22(33)21(16)32)6-17(35)19-18(24(19,28)29)10-7-13(26)20(31)14(27)8-10/h1-5,7-8,18-19H,6,33H2,(H,34,36). The number of amides is 1. The van der Waals surface area contributed by atoms with Crippen molar-refractivity contribution in [3.05, 3.63) is 91.7 Å². The quantitative estimate of drug-likeness (QED) is 0.175. The zero-order valence-electron chi connectivity index (χ0n) is 17.8. The van der Waals surface area contributed by atoms with E-state index < -0.39 is 45.2 Å². The number of rotatable bonds is 6. The topological polar surface area (TPSA) is 72.2 Å². The number of benzene rings is 3. The molecule has 3 N–H and O–H groups in total. The molecule has 0 bridgehead atoms. The van der Waals surface area contributed by atoms with Crippen LogP contribution in [0.15, 0.2) is 42.5 Å². The lowest BCUT2D eigenvalue weighted by atomic mass is 10.0. The van der Waals surface area contributed by atoms with Gasteiger partial charge < -0.3 is 11.1 Å². The molecule has 4 rings (SSSR count). The summed E-state index contributed by atoms with van der Waals surface area (Å²) in [4.78, 5) is 25.8. The molecule has 0 radical (unpaired) electrons. The Morgan fingerprint density at radius 3 is 2.19 bits per heavy atom. The van der Waals surface area contributed by atoms with Crippen molar-refractivity contribution in [2.45, 2.75) is 16.7 Å². The van der Waals surface area contributed by atoms with E-state index in [4.69, 9.17) is 63.7 Å². The van der Waals surface area contributed by atoms with E-state index in [2.05, 4.69) is 5.32 Å². The lowest BCUT2D eigenvalue weighted by Crippen LogP contribution is -2.16. The van der Waals surface area contributed by atoms with Crippen LogP contribution in [0.5, 0.6) is 0 Å². The van der Waals surface area contributed by atoms with Gasteiger partial charge >= 0.3 is 0 Å². The van der Waals surface area contributed by atoms with Gasteiger partial charge in [0.1, 0.15) is 21.6 Å². The number of nitrogens with one attached hydrogen (secondary N) is 1. The molecule has 1 fully saturated rings. The Labute approximate surface area is 228 Å². The van der Waals surface area contributed by atoms with Crippen LogP contribution >= 0.6 is 58.0 Å². The van der Waals surface area contributed by atoms with E-state index >= 15 is 0 Å². The minimum atomic E-state index is -1.46. The van der Waals surface area contributed by atoms with Crippen LogP contribution in [0, 0.1) is 23.4 Å². The fourth-order valence-corrected chi connectivity index (χ4v) is 5.50. The van der Waals surface area contributed by atoms with Gasteiger partial charge in [-0.25, -0.2) is 13.2 Å². The number of nitrogen functional groups attached to an aromatic ring is 1. The van der Waals surface area contributed by atoms with Crippen molar-refractivity contribution in [3.63, 3.8) is 0 Å². The van der Waals surface area contributed by atoms with Crippen LogP contribution in [0.25, 0.3) is 0 Å². The van der Waals surface area contributed by atoms with Gasteiger partial charge in [0.2, 0.25) is 0 Å². The summed E-state index contributed by atoms with van der Waals surface area (Å²) in [7, 11) is 0. The van der Waals surface area contributed by atoms with E-state index in [1.54, 1.807) is 0 Å². The Morgan fingerprint density at radius 1 is 0.917 bits per heavy atom. The number of nitrogens with two attached hydrogens (primary N) is 1. The van der Waals surface area contributed by atoms with E-state index in [-0.39, 0.29) is 38.5 Å². The lowest BCUT2D eigenvalue weighted by Gasteiger charge is -2.11. The fraction of sp³-hybridized carbons (Fsp3) is 0.167. The summed E-state index contributed by atoms with van der Waals surface area (Å²) in [5.41, 5.74) is 4.98. The summed E-state index contributed by atoms with van der Waals surface area (Å²) < 4.78 is 39.9. The summed E-state index contributed by atoms with van der Waals surface area (Å²) in [6.07, 6.45) is -0.166. The first kappa shape index (κ1) is 26.9. The molecule has 1 aliphatic carbocycles. The maximum absolute atomic E-state index is 14.2. The SMILES string of the molecule is Nc1c(F)ccc(NC(=O)c2cc(CC(=O)C3C(c4cc(Cl)c(F)c(Cl)c4)C3(Cl)Cl)ccc2Cl)c1F. The second-order valence-corrected chi connectivity index (χ2v) is 10.8. The maximum atomic E-state index is 14.2. The van der Waals surface area contributed by atoms with Gasteiger partial charge in [-0.15, -0.1) is 23.2 Å². The molecule has 2 atom stereocenters. The molecule has 3 aromatic carbocycles. The van der Waals surface area contributed by atoms with Crippen LogP contribution < -0.4 is 11.1 Å². The van der Waals surface area contributed by atoms with Crippen LogP contribution in [0.4, 0.5) is 24.5 Å². The molecular formula is C24H14Cl5F3N2O2. The molecule has 12 heteroatoms. The Morgan fingerprint density at radius 2 is 1.56 bits per heavy atom. The van der Waals surface area contributed by atoms with Crippen LogP contribution in [0.3, 0.4) is 0 Å². The molecule has 0 saturated heterocycles. The van der Waals surface area contributed by atoms with Crippen molar-refractivity contribution < 1.29 is 22.8 Å². The van der Waals surface area contributed by atoms with Crippen molar-refractivity contribution in [1.82, 2.24) is 0 Å². The molecule has 2 unspecified atom stereocenters. The second-order valence-electron chi connectivity index (χ2n) is 8.16. The zero-order chi connectivity index (χ0) is 26.5. The van der Waals surface area contributed by atoms with Gasteiger partial charge in [0.15, 0.2) is 11.6 Å². The predicted octanol–water partition coefficient (Wildman–Crippen LogP) is 7.60. The highest BCUT2D eigenvalue weighted by Crippen LogP contribution is 2.65. The molecule has 3 aromatic rings. The van der Waals surface area contributed by atoms with Gasteiger partial charge in [0, 0.05) is 12.3 Å². The number of Topliss-reactive ketones (excluding diaryl/α,β-unsaturated/α-hetero) is 1. The Kier molecular flexibility index (Phi) is 7.43. The molecular weight excluding hydrogens is 583 g/mol. The summed E-state index contributed by atoms with van der Waals surface area (Å²) in [5, 5.41) is 1.85. The minimum Gasteiger partial charge on any atom is -0.394 e. The molecule has 1 aliphatic rings. The van der Waals surface area contributed by atoms with Crippen LogP contribution in [-0.2, 0) is 11.2 Å². The van der Waals surface area contributed by atoms with Gasteiger partial charge in [0.05, 0.1) is 32.2 Å². The van der Waals surface area contributed by atoms with E-state index in [9.17, 15) is 22.8 Å². The smallest absolute Gasteiger partial charge is 0.257 e. The zero-order valence-corrected chi connectivity index (χ0v) is 21.6. The molecule has 0 aromatic heterocycles. The van der Waals surface area contributed by atoms with E-state index in [0.717, 1.165) is 12.1 Å². The van der Waals surface area contributed by atoms with E-state index in [1.807, 2.05) is 0 Å². The first-order chi connectivity index (χ1) is 16.8. The first-order valence-corrected chi connectivity index (χ1v) is 12.1. The van der Waals surface area contributed by atoms with Crippen molar-refractivity contribution in [2.75, 3.05) is 11.1 Å². The van der Waals surface area contributed by atoms with E-state index in [0.29, 0.717) is 11.1 Å². The molecule has 188 valence electrons. The van der Waals surface area contributed by atoms with Gasteiger partial charge in [-0.3, -0.25) is 9.59 Å². The summed E-state index contributed by atoms with van der Waals surface area (Å²) in [6, 6.07) is 8.82. The van der Waals surface area contributed by atoms with E-state index in [1.165, 1.54) is 30.3 Å². The number of anilines is 2. The lowest BCUT2D eigenvalue weighted by molar-refractivity contribution is -0.119. The monoisotopic (exact) mass is 594 g/mol. The first-order valence-electron chi connectivity index (χ1n) is 10.2. The average molecular weight is 597 g/mol. The van der Waals surface area contributed by atoms with Crippen molar-refractivity contribution in [1.29, 1.82) is 0 Å². The summed E-state index contributed by atoms with van der Waals surface area (Å²) >= 11 is 30.6. The average Bonchev–Trinajstić information content (AvgIpc) is 3.40. The third-order valence-corrected chi connectivity index (χ3v) is 7.61. The molecule has 1 saturated carbocycles. The number of alkyl halides is 2. The molecule has 0 spiro atoms. The number of carbonyl (C=O) groups is 2. The van der Waals surface area contributed by atoms with Crippen LogP contribution in [0.1, 0.15) is 27.4 Å². The number of halogens is 8.